The lowest BCUT2D eigenvalue weighted by atomic mass is 10.2. The van der Waals surface area contributed by atoms with E-state index in [-0.39, 0.29) is 18.2 Å². The first-order valence-corrected chi connectivity index (χ1v) is 5.58. The number of rotatable bonds is 6. The fourth-order valence-corrected chi connectivity index (χ4v) is 1.31. The summed E-state index contributed by atoms with van der Waals surface area (Å²) in [5.41, 5.74) is 0.684. The molecule has 94 valence electrons. The van der Waals surface area contributed by atoms with Crippen LogP contribution in [0.25, 0.3) is 0 Å². The topological polar surface area (TPSA) is 61.4 Å². The van der Waals surface area contributed by atoms with E-state index in [1.807, 2.05) is 6.92 Å². The largest absolute Gasteiger partial charge is 0.505 e. The number of aromatic hydroxyl groups is 1. The molecule has 5 heteroatoms. The fourth-order valence-electron chi connectivity index (χ4n) is 1.31. The summed E-state index contributed by atoms with van der Waals surface area (Å²) in [7, 11) is 0. The van der Waals surface area contributed by atoms with E-state index in [1.165, 1.54) is 12.1 Å². The third-order valence-corrected chi connectivity index (χ3v) is 2.20. The van der Waals surface area contributed by atoms with Crippen molar-refractivity contribution in [1.29, 1.82) is 0 Å². The molecule has 0 saturated carbocycles. The highest BCUT2D eigenvalue weighted by Gasteiger charge is 2.02. The van der Waals surface area contributed by atoms with E-state index >= 15 is 0 Å². The molecule has 0 radical (unpaired) electrons. The summed E-state index contributed by atoms with van der Waals surface area (Å²) in [5, 5.41) is 14.6. The first-order chi connectivity index (χ1) is 8.13. The summed E-state index contributed by atoms with van der Waals surface area (Å²) < 4.78 is 13.0. The van der Waals surface area contributed by atoms with E-state index in [0.29, 0.717) is 18.7 Å². The Kier molecular flexibility index (Phi) is 5.42. The number of nitrogens with one attached hydrogen (secondary N) is 2. The van der Waals surface area contributed by atoms with Gasteiger partial charge in [0.1, 0.15) is 0 Å². The molecule has 0 fully saturated rings. The molecule has 4 nitrogen and oxygen atoms in total. The summed E-state index contributed by atoms with van der Waals surface area (Å²) >= 11 is 0. The Hall–Kier alpha value is -1.62. The SMILES string of the molecule is CCCNC(=O)CNCc1ccc(O)c(F)c1. The van der Waals surface area contributed by atoms with Crippen molar-refractivity contribution >= 4 is 5.91 Å². The second-order valence-corrected chi connectivity index (χ2v) is 3.74. The maximum absolute atomic E-state index is 13.0. The van der Waals surface area contributed by atoms with E-state index in [9.17, 15) is 9.18 Å². The van der Waals surface area contributed by atoms with E-state index in [1.54, 1.807) is 6.07 Å². The number of carbonyl (C=O) groups excluding carboxylic acids is 1. The molecule has 1 aromatic rings. The van der Waals surface area contributed by atoms with E-state index in [4.69, 9.17) is 5.11 Å². The third-order valence-electron chi connectivity index (χ3n) is 2.20. The lowest BCUT2D eigenvalue weighted by Crippen LogP contribution is -2.33. The summed E-state index contributed by atoms with van der Waals surface area (Å²) in [4.78, 5) is 11.2. The minimum absolute atomic E-state index is 0.0777. The van der Waals surface area contributed by atoms with Crippen LogP contribution in [0, 0.1) is 5.82 Å². The first-order valence-electron chi connectivity index (χ1n) is 5.58. The van der Waals surface area contributed by atoms with Crippen LogP contribution in [0.1, 0.15) is 18.9 Å². The average Bonchev–Trinajstić information content (AvgIpc) is 2.31. The zero-order valence-electron chi connectivity index (χ0n) is 9.79. The van der Waals surface area contributed by atoms with Crippen molar-refractivity contribution in [3.8, 4) is 5.75 Å². The lowest BCUT2D eigenvalue weighted by Gasteiger charge is -2.06. The van der Waals surface area contributed by atoms with Gasteiger partial charge in [-0.1, -0.05) is 13.0 Å². The molecule has 1 rings (SSSR count). The predicted octanol–water partition coefficient (Wildman–Crippen LogP) is 1.15. The number of hydrogen-bond acceptors (Lipinski definition) is 3. The van der Waals surface area contributed by atoms with Crippen LogP contribution < -0.4 is 10.6 Å². The molecule has 0 heterocycles. The monoisotopic (exact) mass is 240 g/mol. The van der Waals surface area contributed by atoms with Crippen molar-refractivity contribution in [3.63, 3.8) is 0 Å². The molecule has 17 heavy (non-hydrogen) atoms. The van der Waals surface area contributed by atoms with Crippen LogP contribution in [0.15, 0.2) is 18.2 Å². The van der Waals surface area contributed by atoms with Crippen molar-refractivity contribution < 1.29 is 14.3 Å². The average molecular weight is 240 g/mol. The molecular weight excluding hydrogens is 223 g/mol. The lowest BCUT2D eigenvalue weighted by molar-refractivity contribution is -0.120. The quantitative estimate of drug-likeness (QED) is 0.699. The minimum atomic E-state index is -0.653. The van der Waals surface area contributed by atoms with Crippen LogP contribution in [0.5, 0.6) is 5.75 Å². The van der Waals surface area contributed by atoms with Crippen LogP contribution >= 0.6 is 0 Å². The van der Waals surface area contributed by atoms with E-state index in [2.05, 4.69) is 10.6 Å². The van der Waals surface area contributed by atoms with Crippen LogP contribution in [-0.2, 0) is 11.3 Å². The zero-order chi connectivity index (χ0) is 12.7. The number of halogens is 1. The first kappa shape index (κ1) is 13.4. The van der Waals surface area contributed by atoms with Gasteiger partial charge in [-0.15, -0.1) is 0 Å². The van der Waals surface area contributed by atoms with Crippen LogP contribution in [0.3, 0.4) is 0 Å². The molecule has 0 saturated heterocycles. The Morgan fingerprint density at radius 1 is 1.47 bits per heavy atom. The smallest absolute Gasteiger partial charge is 0.233 e. The molecule has 0 aromatic heterocycles. The minimum Gasteiger partial charge on any atom is -0.505 e. The van der Waals surface area contributed by atoms with Gasteiger partial charge in [-0.3, -0.25) is 4.79 Å². The number of carbonyl (C=O) groups is 1. The van der Waals surface area contributed by atoms with Gasteiger partial charge in [0, 0.05) is 13.1 Å². The third kappa shape index (κ3) is 4.82. The molecule has 0 atom stereocenters. The van der Waals surface area contributed by atoms with Gasteiger partial charge in [0.25, 0.3) is 0 Å². The summed E-state index contributed by atoms with van der Waals surface area (Å²) in [6.07, 6.45) is 0.898. The van der Waals surface area contributed by atoms with Gasteiger partial charge in [0.2, 0.25) is 5.91 Å². The highest BCUT2D eigenvalue weighted by atomic mass is 19.1. The predicted molar refractivity (Wildman–Crippen MR) is 63.1 cm³/mol. The molecule has 0 aliphatic rings. The summed E-state index contributed by atoms with van der Waals surface area (Å²) in [6, 6.07) is 4.14. The Morgan fingerprint density at radius 3 is 2.88 bits per heavy atom. The molecule has 3 N–H and O–H groups in total. The highest BCUT2D eigenvalue weighted by Crippen LogP contribution is 2.15. The van der Waals surface area contributed by atoms with Crippen molar-refractivity contribution in [2.45, 2.75) is 19.9 Å². The second-order valence-electron chi connectivity index (χ2n) is 3.74. The number of amides is 1. The van der Waals surface area contributed by atoms with Crippen molar-refractivity contribution in [1.82, 2.24) is 10.6 Å². The standard InChI is InChI=1S/C12H17FN2O2/c1-2-5-15-12(17)8-14-7-9-3-4-11(16)10(13)6-9/h3-4,6,14,16H,2,5,7-8H2,1H3,(H,15,17). The molecule has 0 aliphatic carbocycles. The van der Waals surface area contributed by atoms with E-state index < -0.39 is 5.82 Å². The summed E-state index contributed by atoms with van der Waals surface area (Å²) in [5.74, 6) is -1.10. The second kappa shape index (κ2) is 6.85. The van der Waals surface area contributed by atoms with Crippen LogP contribution in [-0.4, -0.2) is 24.1 Å². The van der Waals surface area contributed by atoms with Gasteiger partial charge in [-0.25, -0.2) is 4.39 Å². The van der Waals surface area contributed by atoms with Gasteiger partial charge < -0.3 is 15.7 Å². The van der Waals surface area contributed by atoms with Crippen molar-refractivity contribution in [3.05, 3.63) is 29.6 Å². The van der Waals surface area contributed by atoms with Gasteiger partial charge in [0.05, 0.1) is 6.54 Å². The fraction of sp³-hybridized carbons (Fsp3) is 0.417. The Labute approximate surface area is 99.8 Å². The molecule has 0 unspecified atom stereocenters. The molecular formula is C12H17FN2O2. The van der Waals surface area contributed by atoms with E-state index in [0.717, 1.165) is 6.42 Å². The van der Waals surface area contributed by atoms with Gasteiger partial charge in [-0.2, -0.15) is 0 Å². The summed E-state index contributed by atoms with van der Waals surface area (Å²) in [6.45, 7) is 3.22. The van der Waals surface area contributed by atoms with Gasteiger partial charge >= 0.3 is 0 Å². The normalized spacial score (nSPS) is 10.2. The van der Waals surface area contributed by atoms with Gasteiger partial charge in [-0.05, 0) is 24.1 Å². The molecule has 1 amide bonds. The van der Waals surface area contributed by atoms with Crippen molar-refractivity contribution in [2.24, 2.45) is 0 Å². The number of hydrogen-bond donors (Lipinski definition) is 3. The Morgan fingerprint density at radius 2 is 2.24 bits per heavy atom. The maximum Gasteiger partial charge on any atom is 0.233 e. The van der Waals surface area contributed by atoms with Crippen LogP contribution in [0.2, 0.25) is 0 Å². The Balaban J connectivity index is 2.30. The number of benzene rings is 1. The maximum atomic E-state index is 13.0. The van der Waals surface area contributed by atoms with Gasteiger partial charge in [0.15, 0.2) is 11.6 Å². The van der Waals surface area contributed by atoms with Crippen molar-refractivity contribution in [2.75, 3.05) is 13.1 Å². The molecule has 0 spiro atoms. The molecule has 0 aliphatic heterocycles. The highest BCUT2D eigenvalue weighted by molar-refractivity contribution is 5.77. The molecule has 1 aromatic carbocycles. The Bertz CT molecular complexity index is 383. The number of phenolic OH excluding ortho intramolecular Hbond substituents is 1. The van der Waals surface area contributed by atoms with Crippen LogP contribution in [0.4, 0.5) is 4.39 Å². The number of phenols is 1. The molecule has 0 bridgehead atoms. The zero-order valence-corrected chi connectivity index (χ0v) is 9.79.